The summed E-state index contributed by atoms with van der Waals surface area (Å²) in [5.74, 6) is -3.20. The Balaban J connectivity index is 3.32. The minimum Gasteiger partial charge on any atom is -0.504 e. The molecule has 0 amide bonds. The topological polar surface area (TPSA) is 83.6 Å². The molecule has 0 aliphatic carbocycles. The fourth-order valence-corrected chi connectivity index (χ4v) is 1.31. The largest absolute Gasteiger partial charge is 0.504 e. The molecule has 1 rings (SSSR count). The summed E-state index contributed by atoms with van der Waals surface area (Å²) in [7, 11) is 0. The van der Waals surface area contributed by atoms with Crippen molar-refractivity contribution in [3.8, 4) is 11.5 Å². The van der Waals surface area contributed by atoms with Crippen molar-refractivity contribution < 1.29 is 19.4 Å². The third-order valence-corrected chi connectivity index (χ3v) is 2.10. The molecule has 1 aromatic rings. The van der Waals surface area contributed by atoms with Crippen LogP contribution in [0.1, 0.15) is 16.8 Å². The Morgan fingerprint density at radius 2 is 2.13 bits per heavy atom. The van der Waals surface area contributed by atoms with Gasteiger partial charge in [-0.15, -0.1) is 0 Å². The van der Waals surface area contributed by atoms with Crippen LogP contribution in [0.5, 0.6) is 11.5 Å². The Labute approximate surface area is 90.1 Å². The first-order valence-corrected chi connectivity index (χ1v) is 4.50. The number of carbonyl (C=O) groups excluding carboxylic acids is 1. The Morgan fingerprint density at radius 3 is 2.67 bits per heavy atom. The molecule has 15 heavy (non-hydrogen) atoms. The summed E-state index contributed by atoms with van der Waals surface area (Å²) in [6.45, 7) is 0.0188. The molecule has 1 aromatic carbocycles. The van der Waals surface area contributed by atoms with Gasteiger partial charge in [-0.1, -0.05) is 11.6 Å². The molecule has 0 aromatic heterocycles. The number of phenolic OH excluding ortho intramolecular Hbond substituents is 2. The van der Waals surface area contributed by atoms with Gasteiger partial charge in [0.1, 0.15) is 5.56 Å². The van der Waals surface area contributed by atoms with Gasteiger partial charge in [-0.3, -0.25) is 4.79 Å². The van der Waals surface area contributed by atoms with Crippen LogP contribution in [0.25, 0.3) is 0 Å². The van der Waals surface area contributed by atoms with Gasteiger partial charge in [0, 0.05) is 12.5 Å². The van der Waals surface area contributed by atoms with E-state index in [2.05, 4.69) is 0 Å². The van der Waals surface area contributed by atoms with Crippen molar-refractivity contribution in [2.75, 3.05) is 6.54 Å². The zero-order chi connectivity index (χ0) is 11.6. The summed E-state index contributed by atoms with van der Waals surface area (Å²) in [5, 5.41) is 18.0. The van der Waals surface area contributed by atoms with Crippen LogP contribution in [-0.2, 0) is 0 Å². The minimum absolute atomic E-state index is 0.0188. The van der Waals surface area contributed by atoms with Gasteiger partial charge in [0.15, 0.2) is 23.1 Å². The number of hydrogen-bond acceptors (Lipinski definition) is 4. The minimum atomic E-state index is -1.05. The lowest BCUT2D eigenvalue weighted by molar-refractivity contribution is 0.0978. The third kappa shape index (κ3) is 2.19. The van der Waals surface area contributed by atoms with Crippen molar-refractivity contribution in [2.45, 2.75) is 6.42 Å². The molecule has 6 heteroatoms. The van der Waals surface area contributed by atoms with E-state index in [1.807, 2.05) is 0 Å². The second-order valence-electron chi connectivity index (χ2n) is 2.88. The van der Waals surface area contributed by atoms with Gasteiger partial charge < -0.3 is 15.9 Å². The summed E-state index contributed by atoms with van der Waals surface area (Å²) in [6.07, 6.45) is -0.135. The second-order valence-corrected chi connectivity index (χ2v) is 3.28. The molecule has 0 heterocycles. The molecule has 0 atom stereocenters. The molecule has 0 radical (unpaired) electrons. The first-order valence-electron chi connectivity index (χ1n) is 4.12. The van der Waals surface area contributed by atoms with E-state index in [-0.39, 0.29) is 13.0 Å². The van der Waals surface area contributed by atoms with Crippen LogP contribution in [0.3, 0.4) is 0 Å². The molecule has 0 aliphatic rings. The maximum absolute atomic E-state index is 13.4. The van der Waals surface area contributed by atoms with Gasteiger partial charge in [-0.25, -0.2) is 4.39 Å². The highest BCUT2D eigenvalue weighted by molar-refractivity contribution is 6.31. The van der Waals surface area contributed by atoms with E-state index in [0.717, 1.165) is 6.07 Å². The molecular formula is C9H9ClFNO3. The Kier molecular flexibility index (Phi) is 3.49. The quantitative estimate of drug-likeness (QED) is 0.545. The number of nitrogens with two attached hydrogens (primary N) is 1. The van der Waals surface area contributed by atoms with Crippen molar-refractivity contribution in [3.63, 3.8) is 0 Å². The molecule has 0 bridgehead atoms. The number of aromatic hydroxyl groups is 2. The predicted octanol–water partition coefficient (Wildman–Crippen LogP) is 1.42. The van der Waals surface area contributed by atoms with Crippen LogP contribution >= 0.6 is 11.6 Å². The zero-order valence-corrected chi connectivity index (χ0v) is 8.38. The van der Waals surface area contributed by atoms with E-state index in [1.54, 1.807) is 0 Å². The normalized spacial score (nSPS) is 10.3. The lowest BCUT2D eigenvalue weighted by Gasteiger charge is -2.07. The number of carbonyl (C=O) groups is 1. The summed E-state index contributed by atoms with van der Waals surface area (Å²) >= 11 is 5.41. The molecular weight excluding hydrogens is 225 g/mol. The average molecular weight is 234 g/mol. The van der Waals surface area contributed by atoms with Gasteiger partial charge >= 0.3 is 0 Å². The van der Waals surface area contributed by atoms with E-state index < -0.39 is 33.7 Å². The molecule has 82 valence electrons. The maximum Gasteiger partial charge on any atom is 0.171 e. The van der Waals surface area contributed by atoms with Crippen LogP contribution < -0.4 is 5.73 Å². The molecule has 0 unspecified atom stereocenters. The lowest BCUT2D eigenvalue weighted by atomic mass is 10.1. The summed E-state index contributed by atoms with van der Waals surface area (Å²) in [5.41, 5.74) is 4.50. The fraction of sp³-hybridized carbons (Fsp3) is 0.222. The number of halogens is 2. The van der Waals surface area contributed by atoms with Gasteiger partial charge in [-0.2, -0.15) is 0 Å². The summed E-state index contributed by atoms with van der Waals surface area (Å²) in [4.78, 5) is 11.3. The molecule has 0 saturated heterocycles. The maximum atomic E-state index is 13.4. The highest BCUT2D eigenvalue weighted by Gasteiger charge is 2.22. The van der Waals surface area contributed by atoms with E-state index in [1.165, 1.54) is 0 Å². The zero-order valence-electron chi connectivity index (χ0n) is 7.63. The van der Waals surface area contributed by atoms with Gasteiger partial charge in [0.2, 0.25) is 0 Å². The Bertz CT molecular complexity index is 383. The monoisotopic (exact) mass is 233 g/mol. The fourth-order valence-electron chi connectivity index (χ4n) is 1.11. The lowest BCUT2D eigenvalue weighted by Crippen LogP contribution is -2.10. The van der Waals surface area contributed by atoms with Crippen molar-refractivity contribution in [1.29, 1.82) is 0 Å². The van der Waals surface area contributed by atoms with Crippen molar-refractivity contribution in [2.24, 2.45) is 5.73 Å². The molecule has 0 fully saturated rings. The van der Waals surface area contributed by atoms with E-state index in [9.17, 15) is 14.3 Å². The molecule has 0 saturated carbocycles. The van der Waals surface area contributed by atoms with Gasteiger partial charge in [0.05, 0.1) is 5.02 Å². The molecule has 4 N–H and O–H groups in total. The van der Waals surface area contributed by atoms with Gasteiger partial charge in [0.25, 0.3) is 0 Å². The first-order chi connectivity index (χ1) is 6.99. The number of benzene rings is 1. The summed E-state index contributed by atoms with van der Waals surface area (Å²) in [6, 6.07) is 0.825. The smallest absolute Gasteiger partial charge is 0.171 e. The van der Waals surface area contributed by atoms with Crippen LogP contribution in [-0.4, -0.2) is 22.5 Å². The Hall–Kier alpha value is -1.33. The van der Waals surface area contributed by atoms with Crippen LogP contribution in [0, 0.1) is 5.82 Å². The van der Waals surface area contributed by atoms with E-state index in [4.69, 9.17) is 22.4 Å². The van der Waals surface area contributed by atoms with Gasteiger partial charge in [-0.05, 0) is 6.54 Å². The standard InChI is InChI=1S/C9H9ClFNO3/c10-4-3-6(14)9(15)7(8(4)11)5(13)1-2-12/h3,14-15H,1-2,12H2. The van der Waals surface area contributed by atoms with E-state index >= 15 is 0 Å². The van der Waals surface area contributed by atoms with Crippen LogP contribution in [0.4, 0.5) is 4.39 Å². The number of hydrogen-bond donors (Lipinski definition) is 3. The van der Waals surface area contributed by atoms with Crippen molar-refractivity contribution in [3.05, 3.63) is 22.5 Å². The predicted molar refractivity (Wildman–Crippen MR) is 52.7 cm³/mol. The second kappa shape index (κ2) is 4.46. The molecule has 0 aliphatic heterocycles. The SMILES string of the molecule is NCCC(=O)c1c(O)c(O)cc(Cl)c1F. The molecule has 0 spiro atoms. The summed E-state index contributed by atoms with van der Waals surface area (Å²) < 4.78 is 13.4. The van der Waals surface area contributed by atoms with Crippen molar-refractivity contribution in [1.82, 2.24) is 0 Å². The van der Waals surface area contributed by atoms with Crippen molar-refractivity contribution >= 4 is 17.4 Å². The Morgan fingerprint density at radius 1 is 1.53 bits per heavy atom. The highest BCUT2D eigenvalue weighted by Crippen LogP contribution is 2.35. The number of phenols is 2. The third-order valence-electron chi connectivity index (χ3n) is 1.82. The molecule has 4 nitrogen and oxygen atoms in total. The highest BCUT2D eigenvalue weighted by atomic mass is 35.5. The van der Waals surface area contributed by atoms with Crippen LogP contribution in [0.2, 0.25) is 5.02 Å². The van der Waals surface area contributed by atoms with Crippen LogP contribution in [0.15, 0.2) is 6.07 Å². The number of Topliss-reactive ketones (excluding diaryl/α,β-unsaturated/α-hetero) is 1. The van der Waals surface area contributed by atoms with E-state index in [0.29, 0.717) is 0 Å². The first kappa shape index (κ1) is 11.7. The number of rotatable bonds is 3. The average Bonchev–Trinajstić information content (AvgIpc) is 2.16. The number of ketones is 1.